The number of nitrogens with one attached hydrogen (secondary N) is 1. The van der Waals surface area contributed by atoms with Crippen LogP contribution in [0, 0.1) is 0 Å². The highest BCUT2D eigenvalue weighted by Gasteiger charge is 2.27. The molecule has 0 saturated carbocycles. The van der Waals surface area contributed by atoms with Crippen molar-refractivity contribution in [3.8, 4) is 0 Å². The van der Waals surface area contributed by atoms with Gasteiger partial charge in [0, 0.05) is 10.0 Å². The summed E-state index contributed by atoms with van der Waals surface area (Å²) in [5.41, 5.74) is 0.639. The molecule has 2 aromatic rings. The van der Waals surface area contributed by atoms with Crippen molar-refractivity contribution in [2.24, 2.45) is 0 Å². The van der Waals surface area contributed by atoms with Crippen LogP contribution in [-0.4, -0.2) is 16.8 Å². The van der Waals surface area contributed by atoms with Gasteiger partial charge in [-0.25, -0.2) is 4.79 Å². The third-order valence-corrected chi connectivity index (χ3v) is 3.89. The molecule has 0 aliphatic rings. The molecule has 0 aromatic heterocycles. The minimum atomic E-state index is -0.997. The van der Waals surface area contributed by atoms with Crippen molar-refractivity contribution in [1.82, 2.24) is 5.32 Å². The summed E-state index contributed by atoms with van der Waals surface area (Å²) >= 11 is 12.0. The molecule has 6 heteroatoms. The molecule has 0 radical (unpaired) electrons. The Morgan fingerprint density at radius 1 is 1.04 bits per heavy atom. The van der Waals surface area contributed by atoms with Gasteiger partial charge in [-0.1, -0.05) is 47.5 Å². The number of hydrogen-bond donors (Lipinski definition) is 2. The van der Waals surface area contributed by atoms with Crippen LogP contribution in [0.1, 0.15) is 44.0 Å². The van der Waals surface area contributed by atoms with E-state index in [1.807, 2.05) is 0 Å². The number of halogens is 2. The van der Waals surface area contributed by atoms with Crippen molar-refractivity contribution >= 4 is 29.3 Å². The average molecular weight is 382 g/mol. The van der Waals surface area contributed by atoms with Gasteiger partial charge in [0.05, 0.1) is 6.04 Å². The first-order valence-electron chi connectivity index (χ1n) is 7.84. The van der Waals surface area contributed by atoms with Gasteiger partial charge in [-0.2, -0.15) is 0 Å². The monoisotopic (exact) mass is 381 g/mol. The summed E-state index contributed by atoms with van der Waals surface area (Å²) in [5.74, 6) is 0. The fourth-order valence-electron chi connectivity index (χ4n) is 2.33. The molecule has 2 atom stereocenters. The standard InChI is InChI=1S/C19H21Cl2NO3/c1-19(2,3)25-18(24)22-16(13-5-4-6-15(21)11-13)17(23)12-7-9-14(20)10-8-12/h4-11,16-17,23H,1-3H3,(H,22,24)/t16-,17+/m1/s1. The maximum absolute atomic E-state index is 12.2. The molecule has 25 heavy (non-hydrogen) atoms. The minimum Gasteiger partial charge on any atom is -0.444 e. The molecule has 0 unspecified atom stereocenters. The zero-order valence-electron chi connectivity index (χ0n) is 14.3. The number of ether oxygens (including phenoxy) is 1. The Morgan fingerprint density at radius 3 is 2.24 bits per heavy atom. The summed E-state index contributed by atoms with van der Waals surface area (Å²) in [6.07, 6.45) is -1.62. The largest absolute Gasteiger partial charge is 0.444 e. The normalized spacial score (nSPS) is 13.8. The molecule has 2 rings (SSSR count). The smallest absolute Gasteiger partial charge is 0.408 e. The predicted octanol–water partition coefficient (Wildman–Crippen LogP) is 5.29. The van der Waals surface area contributed by atoms with E-state index in [0.29, 0.717) is 21.2 Å². The van der Waals surface area contributed by atoms with E-state index in [0.717, 1.165) is 0 Å². The Bertz CT molecular complexity index is 726. The molecular weight excluding hydrogens is 361 g/mol. The van der Waals surface area contributed by atoms with Gasteiger partial charge >= 0.3 is 6.09 Å². The number of rotatable bonds is 4. The van der Waals surface area contributed by atoms with E-state index in [1.165, 1.54) is 0 Å². The number of carbonyl (C=O) groups excluding carboxylic acids is 1. The molecule has 2 N–H and O–H groups in total. The second kappa shape index (κ2) is 8.09. The highest BCUT2D eigenvalue weighted by atomic mass is 35.5. The van der Waals surface area contributed by atoms with Gasteiger partial charge in [-0.05, 0) is 56.2 Å². The molecule has 2 aromatic carbocycles. The Balaban J connectivity index is 2.31. The third-order valence-electron chi connectivity index (χ3n) is 3.41. The van der Waals surface area contributed by atoms with Crippen LogP contribution in [0.5, 0.6) is 0 Å². The molecule has 0 aliphatic heterocycles. The second-order valence-electron chi connectivity index (χ2n) is 6.68. The van der Waals surface area contributed by atoms with Crippen molar-refractivity contribution in [1.29, 1.82) is 0 Å². The van der Waals surface area contributed by atoms with Crippen LogP contribution in [0.4, 0.5) is 4.79 Å². The number of aliphatic hydroxyl groups excluding tert-OH is 1. The summed E-state index contributed by atoms with van der Waals surface area (Å²) in [6, 6.07) is 13.0. The first-order valence-corrected chi connectivity index (χ1v) is 8.60. The minimum absolute atomic E-state index is 0.511. The van der Waals surface area contributed by atoms with Gasteiger partial charge in [0.15, 0.2) is 0 Å². The van der Waals surface area contributed by atoms with Gasteiger partial charge in [-0.15, -0.1) is 0 Å². The van der Waals surface area contributed by atoms with Gasteiger partial charge in [0.2, 0.25) is 0 Å². The number of benzene rings is 2. The molecule has 0 heterocycles. The van der Waals surface area contributed by atoms with E-state index >= 15 is 0 Å². The number of aliphatic hydroxyl groups is 1. The first kappa shape index (κ1) is 19.6. The molecule has 1 amide bonds. The van der Waals surface area contributed by atoms with Crippen LogP contribution in [0.25, 0.3) is 0 Å². The SMILES string of the molecule is CC(C)(C)OC(=O)N[C@H](c1cccc(Cl)c1)[C@@H](O)c1ccc(Cl)cc1. The summed E-state index contributed by atoms with van der Waals surface area (Å²) in [7, 11) is 0. The lowest BCUT2D eigenvalue weighted by Crippen LogP contribution is -2.37. The molecular formula is C19H21Cl2NO3. The van der Waals surface area contributed by atoms with Crippen molar-refractivity contribution in [2.75, 3.05) is 0 Å². The number of amides is 1. The highest BCUT2D eigenvalue weighted by molar-refractivity contribution is 6.30. The van der Waals surface area contributed by atoms with Crippen LogP contribution in [0.2, 0.25) is 10.0 Å². The van der Waals surface area contributed by atoms with Crippen molar-refractivity contribution in [2.45, 2.75) is 38.5 Å². The molecule has 0 fully saturated rings. The third kappa shape index (κ3) is 5.92. The molecule has 0 saturated heterocycles. The number of hydrogen-bond acceptors (Lipinski definition) is 3. The van der Waals surface area contributed by atoms with E-state index in [2.05, 4.69) is 5.32 Å². The summed E-state index contributed by atoms with van der Waals surface area (Å²) in [4.78, 5) is 12.2. The predicted molar refractivity (Wildman–Crippen MR) is 100.0 cm³/mol. The summed E-state index contributed by atoms with van der Waals surface area (Å²) < 4.78 is 5.31. The Labute approximate surface area is 157 Å². The van der Waals surface area contributed by atoms with Crippen LogP contribution in [0.15, 0.2) is 48.5 Å². The van der Waals surface area contributed by atoms with Crippen molar-refractivity contribution in [3.05, 3.63) is 69.7 Å². The van der Waals surface area contributed by atoms with E-state index in [1.54, 1.807) is 69.3 Å². The second-order valence-corrected chi connectivity index (χ2v) is 7.55. The first-order chi connectivity index (χ1) is 11.7. The van der Waals surface area contributed by atoms with Crippen LogP contribution in [0.3, 0.4) is 0 Å². The zero-order chi connectivity index (χ0) is 18.6. The van der Waals surface area contributed by atoms with Crippen molar-refractivity contribution in [3.63, 3.8) is 0 Å². The quantitative estimate of drug-likeness (QED) is 0.755. The fourth-order valence-corrected chi connectivity index (χ4v) is 2.66. The number of carbonyl (C=O) groups is 1. The van der Waals surface area contributed by atoms with E-state index < -0.39 is 23.8 Å². The Kier molecular flexibility index (Phi) is 6.33. The Morgan fingerprint density at radius 2 is 1.68 bits per heavy atom. The molecule has 0 bridgehead atoms. The zero-order valence-corrected chi connectivity index (χ0v) is 15.8. The van der Waals surface area contributed by atoms with Crippen LogP contribution in [-0.2, 0) is 4.74 Å². The average Bonchev–Trinajstić information content (AvgIpc) is 2.51. The maximum atomic E-state index is 12.2. The van der Waals surface area contributed by atoms with Gasteiger partial charge in [0.1, 0.15) is 11.7 Å². The van der Waals surface area contributed by atoms with Gasteiger partial charge in [0.25, 0.3) is 0 Å². The fraction of sp³-hybridized carbons (Fsp3) is 0.316. The van der Waals surface area contributed by atoms with E-state index in [4.69, 9.17) is 27.9 Å². The topological polar surface area (TPSA) is 58.6 Å². The summed E-state index contributed by atoms with van der Waals surface area (Å²) in [6.45, 7) is 5.32. The van der Waals surface area contributed by atoms with E-state index in [9.17, 15) is 9.90 Å². The van der Waals surface area contributed by atoms with Crippen LogP contribution >= 0.6 is 23.2 Å². The lowest BCUT2D eigenvalue weighted by Gasteiger charge is -2.27. The molecule has 0 spiro atoms. The van der Waals surface area contributed by atoms with Crippen molar-refractivity contribution < 1.29 is 14.6 Å². The van der Waals surface area contributed by atoms with E-state index in [-0.39, 0.29) is 0 Å². The van der Waals surface area contributed by atoms with Gasteiger partial charge < -0.3 is 15.2 Å². The molecule has 0 aliphatic carbocycles. The lowest BCUT2D eigenvalue weighted by atomic mass is 9.96. The van der Waals surface area contributed by atoms with Crippen LogP contribution < -0.4 is 5.32 Å². The lowest BCUT2D eigenvalue weighted by molar-refractivity contribution is 0.0419. The number of alkyl carbamates (subject to hydrolysis) is 1. The highest BCUT2D eigenvalue weighted by Crippen LogP contribution is 2.31. The summed E-state index contributed by atoms with van der Waals surface area (Å²) in [5, 5.41) is 14.6. The maximum Gasteiger partial charge on any atom is 0.408 e. The Hall–Kier alpha value is -1.75. The van der Waals surface area contributed by atoms with Gasteiger partial charge in [-0.3, -0.25) is 0 Å². The molecule has 4 nitrogen and oxygen atoms in total. The molecule has 134 valence electrons.